The zero-order valence-corrected chi connectivity index (χ0v) is 20.6. The van der Waals surface area contributed by atoms with Crippen molar-refractivity contribution in [1.29, 1.82) is 0 Å². The van der Waals surface area contributed by atoms with E-state index in [4.69, 9.17) is 16.3 Å². The van der Waals surface area contributed by atoms with Gasteiger partial charge in [-0.3, -0.25) is 4.90 Å². The zero-order chi connectivity index (χ0) is 24.8. The molecule has 0 bridgehead atoms. The summed E-state index contributed by atoms with van der Waals surface area (Å²) in [5.74, 6) is 2.56. The number of hydrogen-bond acceptors (Lipinski definition) is 5. The molecule has 0 aliphatic carbocycles. The van der Waals surface area contributed by atoms with Crippen molar-refractivity contribution in [3.8, 4) is 5.75 Å². The molecule has 0 unspecified atom stereocenters. The second-order valence-corrected chi connectivity index (χ2v) is 9.23. The molecular weight excluding hydrogens is 465 g/mol. The van der Waals surface area contributed by atoms with Gasteiger partial charge in [0.05, 0.1) is 11.7 Å². The van der Waals surface area contributed by atoms with E-state index in [2.05, 4.69) is 35.2 Å². The Balaban J connectivity index is 1.43. The van der Waals surface area contributed by atoms with E-state index in [1.807, 2.05) is 42.2 Å². The van der Waals surface area contributed by atoms with Gasteiger partial charge in [0.1, 0.15) is 29.9 Å². The topological polar surface area (TPSA) is 44.8 Å². The molecule has 3 aromatic carbocycles. The van der Waals surface area contributed by atoms with E-state index in [-0.39, 0.29) is 17.9 Å². The number of nitrogens with zero attached hydrogens (tertiary/aromatic N) is 2. The second-order valence-electron chi connectivity index (χ2n) is 8.79. The normalized spacial score (nSPS) is 18.3. The highest BCUT2D eigenvalue weighted by molar-refractivity contribution is 6.30. The monoisotopic (exact) mass is 493 g/mol. The lowest BCUT2D eigenvalue weighted by molar-refractivity contribution is 0.0288. The smallest absolute Gasteiger partial charge is 0.147 e. The maximum Gasteiger partial charge on any atom is 0.147 e. The van der Waals surface area contributed by atoms with Crippen LogP contribution < -0.4 is 10.1 Å². The van der Waals surface area contributed by atoms with Crippen LogP contribution in [-0.4, -0.2) is 41.1 Å². The average Bonchev–Trinajstić information content (AvgIpc) is 2.86. The average molecular weight is 494 g/mol. The summed E-state index contributed by atoms with van der Waals surface area (Å²) in [5, 5.41) is 4.03. The van der Waals surface area contributed by atoms with Gasteiger partial charge in [0.2, 0.25) is 0 Å². The predicted octanol–water partition coefficient (Wildman–Crippen LogP) is 5.74. The van der Waals surface area contributed by atoms with Crippen molar-refractivity contribution >= 4 is 23.2 Å². The lowest BCUT2D eigenvalue weighted by Gasteiger charge is -2.45. The Morgan fingerprint density at radius 1 is 1.06 bits per heavy atom. The highest BCUT2D eigenvalue weighted by Crippen LogP contribution is 2.30. The SMILES string of the molecule is C[C@@H]1CN(COc2ccc(Cl)cc2NCc2ccccc2)[C@@H](C)C(=C=O)N1Cc1ccc(F)cc1. The number of anilines is 1. The minimum atomic E-state index is -0.275. The molecule has 0 spiro atoms. The van der Waals surface area contributed by atoms with Crippen LogP contribution in [0, 0.1) is 5.82 Å². The number of carbonyl (C=O) groups excluding carboxylic acids is 1. The van der Waals surface area contributed by atoms with Crippen molar-refractivity contribution < 1.29 is 13.9 Å². The molecule has 0 aromatic heterocycles. The van der Waals surface area contributed by atoms with Crippen LogP contribution in [-0.2, 0) is 17.9 Å². The molecule has 1 aliphatic rings. The molecule has 4 rings (SSSR count). The largest absolute Gasteiger partial charge is 0.476 e. The summed E-state index contributed by atoms with van der Waals surface area (Å²) in [6.07, 6.45) is 0. The maximum atomic E-state index is 13.3. The zero-order valence-electron chi connectivity index (χ0n) is 19.9. The molecule has 1 fully saturated rings. The van der Waals surface area contributed by atoms with Gasteiger partial charge in [0.25, 0.3) is 0 Å². The number of nitrogens with one attached hydrogen (secondary N) is 1. The Labute approximate surface area is 210 Å². The van der Waals surface area contributed by atoms with Crippen LogP contribution in [0.4, 0.5) is 10.1 Å². The molecule has 1 saturated heterocycles. The maximum absolute atomic E-state index is 13.3. The minimum Gasteiger partial charge on any atom is -0.476 e. The number of halogens is 2. The molecule has 182 valence electrons. The Bertz CT molecular complexity index is 1180. The van der Waals surface area contributed by atoms with Crippen molar-refractivity contribution in [2.75, 3.05) is 18.6 Å². The van der Waals surface area contributed by atoms with Crippen LogP contribution in [0.1, 0.15) is 25.0 Å². The van der Waals surface area contributed by atoms with Crippen LogP contribution in [0.2, 0.25) is 5.02 Å². The van der Waals surface area contributed by atoms with E-state index in [9.17, 15) is 9.18 Å². The van der Waals surface area contributed by atoms with Gasteiger partial charge in [-0.2, -0.15) is 0 Å². The highest BCUT2D eigenvalue weighted by atomic mass is 35.5. The van der Waals surface area contributed by atoms with E-state index in [0.717, 1.165) is 16.8 Å². The molecule has 0 radical (unpaired) electrons. The highest BCUT2D eigenvalue weighted by Gasteiger charge is 2.34. The molecule has 3 aromatic rings. The van der Waals surface area contributed by atoms with Gasteiger partial charge in [-0.05, 0) is 55.3 Å². The summed E-state index contributed by atoms with van der Waals surface area (Å²) in [7, 11) is 0. The first-order valence-electron chi connectivity index (χ1n) is 11.6. The summed E-state index contributed by atoms with van der Waals surface area (Å²) in [5.41, 5.74) is 3.47. The molecular formula is C28H29ClFN3O2. The lowest BCUT2D eigenvalue weighted by atomic mass is 10.0. The number of hydrogen-bond donors (Lipinski definition) is 1. The number of piperazine rings is 1. The molecule has 0 amide bonds. The molecule has 1 N–H and O–H groups in total. The van der Waals surface area contributed by atoms with Crippen molar-refractivity contribution in [2.45, 2.75) is 39.0 Å². The molecule has 1 heterocycles. The number of rotatable bonds is 8. The van der Waals surface area contributed by atoms with Crippen molar-refractivity contribution in [3.63, 3.8) is 0 Å². The third kappa shape index (κ3) is 6.23. The minimum absolute atomic E-state index is 0.0530. The molecule has 35 heavy (non-hydrogen) atoms. The van der Waals surface area contributed by atoms with Gasteiger partial charge in [-0.1, -0.05) is 54.1 Å². The molecule has 0 saturated carbocycles. The molecule has 7 heteroatoms. The fourth-order valence-corrected chi connectivity index (χ4v) is 4.47. The Hall–Kier alpha value is -3.31. The van der Waals surface area contributed by atoms with E-state index in [1.54, 1.807) is 18.2 Å². The summed E-state index contributed by atoms with van der Waals surface area (Å²) < 4.78 is 19.5. The van der Waals surface area contributed by atoms with E-state index >= 15 is 0 Å². The second kappa shape index (κ2) is 11.4. The molecule has 5 nitrogen and oxygen atoms in total. The lowest BCUT2D eigenvalue weighted by Crippen LogP contribution is -2.55. The number of benzene rings is 3. The molecule has 1 aliphatic heterocycles. The van der Waals surface area contributed by atoms with Gasteiger partial charge in [-0.15, -0.1) is 0 Å². The fraction of sp³-hybridized carbons (Fsp3) is 0.286. The Kier molecular flexibility index (Phi) is 8.09. The first-order chi connectivity index (χ1) is 16.9. The molecule has 2 atom stereocenters. The Morgan fingerprint density at radius 2 is 1.80 bits per heavy atom. The van der Waals surface area contributed by atoms with Gasteiger partial charge < -0.3 is 15.0 Å². The first kappa shape index (κ1) is 24.8. The van der Waals surface area contributed by atoms with Crippen LogP contribution in [0.3, 0.4) is 0 Å². The fourth-order valence-electron chi connectivity index (χ4n) is 4.29. The van der Waals surface area contributed by atoms with Crippen LogP contribution in [0.25, 0.3) is 0 Å². The van der Waals surface area contributed by atoms with Crippen molar-refractivity contribution in [1.82, 2.24) is 9.80 Å². The summed E-state index contributed by atoms with van der Waals surface area (Å²) in [6, 6.07) is 21.8. The summed E-state index contributed by atoms with van der Waals surface area (Å²) >= 11 is 6.24. The third-order valence-electron chi connectivity index (χ3n) is 6.31. The van der Waals surface area contributed by atoms with Crippen LogP contribution >= 0.6 is 11.6 Å². The van der Waals surface area contributed by atoms with Gasteiger partial charge in [0.15, 0.2) is 0 Å². The quantitative estimate of drug-likeness (QED) is 0.405. The van der Waals surface area contributed by atoms with Crippen LogP contribution in [0.5, 0.6) is 5.75 Å². The first-order valence-corrected chi connectivity index (χ1v) is 12.0. The van der Waals surface area contributed by atoms with Crippen molar-refractivity contribution in [2.24, 2.45) is 0 Å². The van der Waals surface area contributed by atoms with E-state index in [1.165, 1.54) is 12.1 Å². The van der Waals surface area contributed by atoms with E-state index < -0.39 is 0 Å². The predicted molar refractivity (Wildman–Crippen MR) is 137 cm³/mol. The summed E-state index contributed by atoms with van der Waals surface area (Å²) in [4.78, 5) is 16.1. The third-order valence-corrected chi connectivity index (χ3v) is 6.54. The number of ether oxygens (including phenoxy) is 1. The standard InChI is InChI=1S/C28H29ClFN3O2/c1-20-16-32(21(2)27(18-34)33(20)17-23-8-11-25(30)12-9-23)19-35-28-13-10-24(29)14-26(28)31-15-22-6-4-3-5-7-22/h3-14,20-21,31H,15-17,19H2,1-2H3/t20-,21+/m1/s1. The van der Waals surface area contributed by atoms with Crippen LogP contribution in [0.15, 0.2) is 78.5 Å². The van der Waals surface area contributed by atoms with Gasteiger partial charge >= 0.3 is 0 Å². The summed E-state index contributed by atoms with van der Waals surface area (Å²) in [6.45, 7) is 6.22. The van der Waals surface area contributed by atoms with E-state index in [0.29, 0.717) is 42.8 Å². The van der Waals surface area contributed by atoms with Gasteiger partial charge in [-0.25, -0.2) is 9.18 Å². The Morgan fingerprint density at radius 3 is 2.51 bits per heavy atom. The van der Waals surface area contributed by atoms with Gasteiger partial charge in [0, 0.05) is 30.7 Å². The van der Waals surface area contributed by atoms with Crippen molar-refractivity contribution in [3.05, 3.63) is 100 Å².